The number of imide groups is 2. The van der Waals surface area contributed by atoms with E-state index >= 15 is 0 Å². The third-order valence-electron chi connectivity index (χ3n) is 3.62. The van der Waals surface area contributed by atoms with E-state index in [1.165, 1.54) is 0 Å². The summed E-state index contributed by atoms with van der Waals surface area (Å²) in [5.74, 6) is -0.845. The number of barbiturate groups is 1. The molecule has 1 N–H and O–H groups in total. The summed E-state index contributed by atoms with van der Waals surface area (Å²) in [6.07, 6.45) is 2.67. The molecule has 0 aromatic carbocycles. The van der Waals surface area contributed by atoms with Crippen molar-refractivity contribution in [3.05, 3.63) is 29.6 Å². The Kier molecular flexibility index (Phi) is 2.41. The van der Waals surface area contributed by atoms with Gasteiger partial charge < -0.3 is 0 Å². The number of aryl methyl sites for hydroxylation is 1. The Morgan fingerprint density at radius 2 is 2.05 bits per heavy atom. The normalized spacial score (nSPS) is 20.7. The van der Waals surface area contributed by atoms with E-state index in [0.29, 0.717) is 12.8 Å². The van der Waals surface area contributed by atoms with Gasteiger partial charge in [-0.2, -0.15) is 0 Å². The monoisotopic (exact) mass is 259 g/mol. The van der Waals surface area contributed by atoms with Crippen LogP contribution in [-0.2, 0) is 16.1 Å². The zero-order valence-corrected chi connectivity index (χ0v) is 10.5. The second-order valence-electron chi connectivity index (χ2n) is 5.04. The predicted octanol–water partition coefficient (Wildman–Crippen LogP) is 0.749. The van der Waals surface area contributed by atoms with Gasteiger partial charge in [-0.05, 0) is 31.4 Å². The summed E-state index contributed by atoms with van der Waals surface area (Å²) in [4.78, 5) is 40.9. The first-order valence-corrected chi connectivity index (χ1v) is 6.12. The molecule has 4 amide bonds. The maximum Gasteiger partial charge on any atom is 0.331 e. The average molecular weight is 259 g/mol. The molecule has 3 rings (SSSR count). The van der Waals surface area contributed by atoms with E-state index in [-0.39, 0.29) is 12.5 Å². The molecule has 2 heterocycles. The van der Waals surface area contributed by atoms with E-state index in [0.717, 1.165) is 16.2 Å². The van der Waals surface area contributed by atoms with E-state index in [4.69, 9.17) is 0 Å². The molecule has 1 aromatic rings. The van der Waals surface area contributed by atoms with Crippen LogP contribution < -0.4 is 5.32 Å². The summed E-state index contributed by atoms with van der Waals surface area (Å²) in [5, 5.41) is 2.25. The molecular weight excluding hydrogens is 246 g/mol. The van der Waals surface area contributed by atoms with Crippen molar-refractivity contribution in [3.8, 4) is 0 Å². The lowest BCUT2D eigenvalue weighted by molar-refractivity contribution is -0.145. The number of nitrogens with one attached hydrogen (secondary N) is 1. The van der Waals surface area contributed by atoms with E-state index in [1.807, 2.05) is 19.1 Å². The molecule has 2 aliphatic rings. The third-order valence-corrected chi connectivity index (χ3v) is 3.62. The number of pyridine rings is 1. The molecule has 6 nitrogen and oxygen atoms in total. The van der Waals surface area contributed by atoms with Crippen LogP contribution in [0.1, 0.15) is 24.1 Å². The van der Waals surface area contributed by atoms with Crippen molar-refractivity contribution in [1.29, 1.82) is 0 Å². The number of rotatable bonds is 2. The predicted molar refractivity (Wildman–Crippen MR) is 64.7 cm³/mol. The van der Waals surface area contributed by atoms with Crippen molar-refractivity contribution in [2.24, 2.45) is 5.41 Å². The van der Waals surface area contributed by atoms with Gasteiger partial charge in [-0.1, -0.05) is 6.07 Å². The number of urea groups is 1. The molecule has 1 spiro atoms. The van der Waals surface area contributed by atoms with Crippen LogP contribution in [-0.4, -0.2) is 27.7 Å². The van der Waals surface area contributed by atoms with Crippen LogP contribution in [0.25, 0.3) is 0 Å². The number of amides is 4. The van der Waals surface area contributed by atoms with Gasteiger partial charge in [0, 0.05) is 11.9 Å². The van der Waals surface area contributed by atoms with E-state index < -0.39 is 17.4 Å². The van der Waals surface area contributed by atoms with Gasteiger partial charge in [0.1, 0.15) is 5.41 Å². The highest BCUT2D eigenvalue weighted by atomic mass is 16.2. The quantitative estimate of drug-likeness (QED) is 0.795. The van der Waals surface area contributed by atoms with Crippen molar-refractivity contribution in [3.63, 3.8) is 0 Å². The van der Waals surface area contributed by atoms with Crippen LogP contribution in [0.3, 0.4) is 0 Å². The van der Waals surface area contributed by atoms with Gasteiger partial charge in [0.15, 0.2) is 0 Å². The number of nitrogens with zero attached hydrogens (tertiary/aromatic N) is 2. The Bertz CT molecular complexity index is 575. The fourth-order valence-electron chi connectivity index (χ4n) is 2.22. The molecule has 1 aliphatic carbocycles. The van der Waals surface area contributed by atoms with Crippen LogP contribution in [0.4, 0.5) is 4.79 Å². The molecule has 98 valence electrons. The fraction of sp³-hybridized carbons (Fsp3) is 0.385. The van der Waals surface area contributed by atoms with Crippen molar-refractivity contribution >= 4 is 17.8 Å². The van der Waals surface area contributed by atoms with Crippen molar-refractivity contribution in [1.82, 2.24) is 15.2 Å². The van der Waals surface area contributed by atoms with Crippen LogP contribution in [0, 0.1) is 12.3 Å². The number of hydrogen-bond acceptors (Lipinski definition) is 4. The number of carbonyl (C=O) groups is 3. The summed E-state index contributed by atoms with van der Waals surface area (Å²) in [5.41, 5.74) is 0.651. The highest BCUT2D eigenvalue weighted by molar-refractivity contribution is 6.20. The second-order valence-corrected chi connectivity index (χ2v) is 5.04. The number of aromatic nitrogens is 1. The SMILES string of the molecule is Cc1ccc(CN2C(=O)NC(=O)C3(CC3)C2=O)cn1. The molecule has 6 heteroatoms. The van der Waals surface area contributed by atoms with E-state index in [2.05, 4.69) is 10.3 Å². The minimum atomic E-state index is -0.980. The first-order valence-electron chi connectivity index (χ1n) is 6.12. The average Bonchev–Trinajstić information content (AvgIpc) is 3.17. The smallest absolute Gasteiger partial charge is 0.277 e. The van der Waals surface area contributed by atoms with Gasteiger partial charge in [0.2, 0.25) is 11.8 Å². The topological polar surface area (TPSA) is 79.4 Å². The van der Waals surface area contributed by atoms with Gasteiger partial charge in [-0.15, -0.1) is 0 Å². The minimum Gasteiger partial charge on any atom is -0.277 e. The van der Waals surface area contributed by atoms with Gasteiger partial charge in [-0.25, -0.2) is 4.79 Å². The zero-order valence-electron chi connectivity index (χ0n) is 10.5. The van der Waals surface area contributed by atoms with Gasteiger partial charge >= 0.3 is 6.03 Å². The maximum absolute atomic E-state index is 12.2. The molecule has 1 saturated heterocycles. The van der Waals surface area contributed by atoms with Crippen LogP contribution in [0.15, 0.2) is 18.3 Å². The summed E-state index contributed by atoms with van der Waals surface area (Å²) >= 11 is 0. The summed E-state index contributed by atoms with van der Waals surface area (Å²) in [7, 11) is 0. The minimum absolute atomic E-state index is 0.146. The molecular formula is C13H13N3O3. The van der Waals surface area contributed by atoms with Gasteiger partial charge in [0.25, 0.3) is 0 Å². The molecule has 19 heavy (non-hydrogen) atoms. The van der Waals surface area contributed by atoms with Gasteiger partial charge in [0.05, 0.1) is 6.54 Å². The highest BCUT2D eigenvalue weighted by Gasteiger charge is 2.62. The fourth-order valence-corrected chi connectivity index (χ4v) is 2.22. The Morgan fingerprint density at radius 1 is 1.32 bits per heavy atom. The Balaban J connectivity index is 1.83. The molecule has 0 atom stereocenters. The number of carbonyl (C=O) groups excluding carboxylic acids is 3. The number of hydrogen-bond donors (Lipinski definition) is 1. The van der Waals surface area contributed by atoms with Crippen LogP contribution >= 0.6 is 0 Å². The van der Waals surface area contributed by atoms with Crippen molar-refractivity contribution < 1.29 is 14.4 Å². The summed E-state index contributed by atoms with van der Waals surface area (Å²) in [6.45, 7) is 2.01. The lowest BCUT2D eigenvalue weighted by atomic mass is 10.0. The first kappa shape index (κ1) is 11.8. The molecule has 1 saturated carbocycles. The molecule has 0 bridgehead atoms. The van der Waals surface area contributed by atoms with Gasteiger partial charge in [-0.3, -0.25) is 24.8 Å². The van der Waals surface area contributed by atoms with Crippen molar-refractivity contribution in [2.75, 3.05) is 0 Å². The lowest BCUT2D eigenvalue weighted by Gasteiger charge is -2.30. The second kappa shape index (κ2) is 3.88. The Hall–Kier alpha value is -2.24. The first-order chi connectivity index (χ1) is 9.03. The summed E-state index contributed by atoms with van der Waals surface area (Å²) in [6, 6.07) is 2.99. The largest absolute Gasteiger partial charge is 0.331 e. The zero-order chi connectivity index (χ0) is 13.6. The maximum atomic E-state index is 12.2. The molecule has 1 aromatic heterocycles. The molecule has 0 radical (unpaired) electrons. The standard InChI is InChI=1S/C13H13N3O3/c1-8-2-3-9(6-14-8)7-16-11(18)13(4-5-13)10(17)15-12(16)19/h2-3,6H,4-5,7H2,1H3,(H,15,17,19). The van der Waals surface area contributed by atoms with Crippen molar-refractivity contribution in [2.45, 2.75) is 26.3 Å². The van der Waals surface area contributed by atoms with Crippen LogP contribution in [0.5, 0.6) is 0 Å². The lowest BCUT2D eigenvalue weighted by Crippen LogP contribution is -2.58. The van der Waals surface area contributed by atoms with E-state index in [9.17, 15) is 14.4 Å². The molecule has 1 aliphatic heterocycles. The molecule has 2 fully saturated rings. The summed E-state index contributed by atoms with van der Waals surface area (Å²) < 4.78 is 0. The third kappa shape index (κ3) is 1.80. The Labute approximate surface area is 109 Å². The Morgan fingerprint density at radius 3 is 2.63 bits per heavy atom. The highest BCUT2D eigenvalue weighted by Crippen LogP contribution is 2.49. The van der Waals surface area contributed by atoms with E-state index in [1.54, 1.807) is 6.20 Å². The van der Waals surface area contributed by atoms with Crippen LogP contribution in [0.2, 0.25) is 0 Å². The molecule has 0 unspecified atom stereocenters.